The summed E-state index contributed by atoms with van der Waals surface area (Å²) in [5.74, 6) is 2.47. The smallest absolute Gasteiger partial charge is 0.277 e. The van der Waals surface area contributed by atoms with Crippen LogP contribution in [0.1, 0.15) is 35.6 Å². The first-order valence-electron chi connectivity index (χ1n) is 6.87. The number of benzene rings is 1. The van der Waals surface area contributed by atoms with E-state index in [9.17, 15) is 4.79 Å². The van der Waals surface area contributed by atoms with Gasteiger partial charge in [-0.15, -0.1) is 6.42 Å². The van der Waals surface area contributed by atoms with Gasteiger partial charge in [0.15, 0.2) is 0 Å². The summed E-state index contributed by atoms with van der Waals surface area (Å²) in [5.41, 5.74) is 2.80. The fraction of sp³-hybridized carbons (Fsp3) is 0.222. The lowest BCUT2D eigenvalue weighted by Gasteiger charge is -2.26. The Labute approximate surface area is 125 Å². The van der Waals surface area contributed by atoms with E-state index in [0.717, 1.165) is 16.9 Å². The normalized spacial score (nSPS) is 10.2. The number of anilines is 1. The monoisotopic (exact) mass is 278 g/mol. The van der Waals surface area contributed by atoms with Gasteiger partial charge in [-0.1, -0.05) is 18.1 Å². The molecule has 21 heavy (non-hydrogen) atoms. The van der Waals surface area contributed by atoms with E-state index in [1.165, 1.54) is 0 Å². The number of carbonyl (C=O) groups excluding carboxylic acids is 1. The predicted molar refractivity (Wildman–Crippen MR) is 85.3 cm³/mol. The van der Waals surface area contributed by atoms with E-state index in [1.54, 1.807) is 11.0 Å². The van der Waals surface area contributed by atoms with Crippen LogP contribution in [-0.2, 0) is 0 Å². The molecule has 0 unspecified atom stereocenters. The van der Waals surface area contributed by atoms with Gasteiger partial charge in [0.05, 0.1) is 0 Å². The van der Waals surface area contributed by atoms with Gasteiger partial charge in [-0.25, -0.2) is 4.98 Å². The number of nitrogens with zero attached hydrogens (tertiary/aromatic N) is 2. The van der Waals surface area contributed by atoms with Crippen LogP contribution in [0.25, 0.3) is 0 Å². The highest BCUT2D eigenvalue weighted by Gasteiger charge is 2.21. The molecular weight excluding hydrogens is 260 g/mol. The SMILES string of the molecule is C#Cc1cccc(N(C(=O)c2cccc(C)n2)C(C)C)c1. The van der Waals surface area contributed by atoms with Gasteiger partial charge in [0.1, 0.15) is 5.69 Å². The maximum Gasteiger partial charge on any atom is 0.277 e. The molecule has 2 rings (SSSR count). The van der Waals surface area contributed by atoms with Crippen LogP contribution in [0.5, 0.6) is 0 Å². The first-order valence-corrected chi connectivity index (χ1v) is 6.87. The maximum atomic E-state index is 12.8. The molecular formula is C18H18N2O. The summed E-state index contributed by atoms with van der Waals surface area (Å²) < 4.78 is 0. The van der Waals surface area contributed by atoms with Crippen molar-refractivity contribution >= 4 is 11.6 Å². The summed E-state index contributed by atoms with van der Waals surface area (Å²) in [5, 5.41) is 0. The number of hydrogen-bond donors (Lipinski definition) is 0. The molecule has 0 aliphatic rings. The molecule has 1 amide bonds. The Morgan fingerprint density at radius 1 is 1.24 bits per heavy atom. The van der Waals surface area contributed by atoms with Crippen LogP contribution < -0.4 is 4.90 Å². The number of aromatic nitrogens is 1. The molecule has 0 N–H and O–H groups in total. The van der Waals surface area contributed by atoms with E-state index in [1.807, 2.05) is 57.2 Å². The highest BCUT2D eigenvalue weighted by atomic mass is 16.2. The summed E-state index contributed by atoms with van der Waals surface area (Å²) in [7, 11) is 0. The summed E-state index contributed by atoms with van der Waals surface area (Å²) in [6, 6.07) is 12.9. The minimum Gasteiger partial charge on any atom is -0.304 e. The van der Waals surface area contributed by atoms with Crippen molar-refractivity contribution in [3.8, 4) is 12.3 Å². The molecule has 106 valence electrons. The number of carbonyl (C=O) groups is 1. The van der Waals surface area contributed by atoms with E-state index < -0.39 is 0 Å². The Hall–Kier alpha value is -2.60. The largest absolute Gasteiger partial charge is 0.304 e. The van der Waals surface area contributed by atoms with Gasteiger partial charge in [-0.05, 0) is 51.1 Å². The van der Waals surface area contributed by atoms with Crippen molar-refractivity contribution < 1.29 is 4.79 Å². The van der Waals surface area contributed by atoms with Crippen molar-refractivity contribution in [2.75, 3.05) is 4.90 Å². The van der Waals surface area contributed by atoms with E-state index in [-0.39, 0.29) is 11.9 Å². The average molecular weight is 278 g/mol. The number of amides is 1. The van der Waals surface area contributed by atoms with Crippen LogP contribution in [0.2, 0.25) is 0 Å². The van der Waals surface area contributed by atoms with Crippen LogP contribution in [0.15, 0.2) is 42.5 Å². The Kier molecular flexibility index (Phi) is 4.39. The maximum absolute atomic E-state index is 12.8. The fourth-order valence-corrected chi connectivity index (χ4v) is 2.18. The number of hydrogen-bond acceptors (Lipinski definition) is 2. The van der Waals surface area contributed by atoms with E-state index in [0.29, 0.717) is 5.69 Å². The highest BCUT2D eigenvalue weighted by molar-refractivity contribution is 6.05. The lowest BCUT2D eigenvalue weighted by molar-refractivity contribution is 0.0975. The fourth-order valence-electron chi connectivity index (χ4n) is 2.18. The molecule has 0 radical (unpaired) electrons. The van der Waals surface area contributed by atoms with Crippen molar-refractivity contribution in [1.29, 1.82) is 0 Å². The van der Waals surface area contributed by atoms with Gasteiger partial charge in [0, 0.05) is 23.0 Å². The van der Waals surface area contributed by atoms with Gasteiger partial charge in [-0.3, -0.25) is 4.79 Å². The third kappa shape index (κ3) is 3.29. The molecule has 3 nitrogen and oxygen atoms in total. The molecule has 0 saturated heterocycles. The topological polar surface area (TPSA) is 33.2 Å². The quantitative estimate of drug-likeness (QED) is 0.806. The van der Waals surface area contributed by atoms with Crippen molar-refractivity contribution in [3.05, 3.63) is 59.4 Å². The molecule has 0 atom stereocenters. The number of rotatable bonds is 3. The molecule has 0 aliphatic heterocycles. The molecule has 0 aliphatic carbocycles. The molecule has 1 heterocycles. The zero-order chi connectivity index (χ0) is 15.4. The second-order valence-electron chi connectivity index (χ2n) is 5.13. The van der Waals surface area contributed by atoms with Gasteiger partial charge in [0.2, 0.25) is 0 Å². The standard InChI is InChI=1S/C18H18N2O/c1-5-15-9-7-10-16(12-15)20(13(2)3)18(21)17-11-6-8-14(4)19-17/h1,6-13H,2-4H3. The lowest BCUT2D eigenvalue weighted by Crippen LogP contribution is -2.37. The highest BCUT2D eigenvalue weighted by Crippen LogP contribution is 2.21. The van der Waals surface area contributed by atoms with Gasteiger partial charge >= 0.3 is 0 Å². The van der Waals surface area contributed by atoms with Crippen molar-refractivity contribution in [3.63, 3.8) is 0 Å². The van der Waals surface area contributed by atoms with Crippen LogP contribution >= 0.6 is 0 Å². The van der Waals surface area contributed by atoms with Crippen molar-refractivity contribution in [2.45, 2.75) is 26.8 Å². The zero-order valence-corrected chi connectivity index (χ0v) is 12.5. The molecule has 3 heteroatoms. The Morgan fingerprint density at radius 3 is 2.57 bits per heavy atom. The van der Waals surface area contributed by atoms with E-state index in [2.05, 4.69) is 10.9 Å². The summed E-state index contributed by atoms with van der Waals surface area (Å²) in [4.78, 5) is 18.8. The minimum atomic E-state index is -0.122. The zero-order valence-electron chi connectivity index (χ0n) is 12.5. The molecule has 1 aromatic carbocycles. The molecule has 1 aromatic heterocycles. The Morgan fingerprint density at radius 2 is 1.95 bits per heavy atom. The van der Waals surface area contributed by atoms with Crippen molar-refractivity contribution in [1.82, 2.24) is 4.98 Å². The molecule has 2 aromatic rings. The van der Waals surface area contributed by atoms with Crippen LogP contribution in [-0.4, -0.2) is 16.9 Å². The van der Waals surface area contributed by atoms with E-state index >= 15 is 0 Å². The predicted octanol–water partition coefficient (Wildman–Crippen LogP) is 3.43. The van der Waals surface area contributed by atoms with Crippen LogP contribution in [0, 0.1) is 19.3 Å². The molecule has 0 saturated carbocycles. The summed E-state index contributed by atoms with van der Waals surface area (Å²) in [6.07, 6.45) is 5.44. The second kappa shape index (κ2) is 6.23. The van der Waals surface area contributed by atoms with Gasteiger partial charge < -0.3 is 4.90 Å². The summed E-state index contributed by atoms with van der Waals surface area (Å²) >= 11 is 0. The molecule has 0 fully saturated rings. The molecule has 0 spiro atoms. The third-order valence-electron chi connectivity index (χ3n) is 3.13. The Balaban J connectivity index is 2.44. The first-order chi connectivity index (χ1) is 10.0. The minimum absolute atomic E-state index is 0.00726. The lowest BCUT2D eigenvalue weighted by atomic mass is 10.1. The first kappa shape index (κ1) is 14.8. The summed E-state index contributed by atoms with van der Waals surface area (Å²) in [6.45, 7) is 5.81. The molecule has 0 bridgehead atoms. The Bertz CT molecular complexity index is 698. The van der Waals surface area contributed by atoms with Gasteiger partial charge in [-0.2, -0.15) is 0 Å². The number of terminal acetylenes is 1. The second-order valence-corrected chi connectivity index (χ2v) is 5.13. The van der Waals surface area contributed by atoms with Crippen LogP contribution in [0.3, 0.4) is 0 Å². The van der Waals surface area contributed by atoms with Gasteiger partial charge in [0.25, 0.3) is 5.91 Å². The van der Waals surface area contributed by atoms with Crippen molar-refractivity contribution in [2.24, 2.45) is 0 Å². The number of pyridine rings is 1. The average Bonchev–Trinajstić information content (AvgIpc) is 2.47. The number of aryl methyl sites for hydroxylation is 1. The third-order valence-corrected chi connectivity index (χ3v) is 3.13. The van der Waals surface area contributed by atoms with E-state index in [4.69, 9.17) is 6.42 Å². The van der Waals surface area contributed by atoms with Crippen LogP contribution in [0.4, 0.5) is 5.69 Å².